The summed E-state index contributed by atoms with van der Waals surface area (Å²) in [6.07, 6.45) is 8.70. The maximum absolute atomic E-state index is 11.8. The standard InChI is InChI=1S/C31H45NO7/c1-30(2,29-28(38-22-31(29,3)4)23-14-13-15-24(33)20-23)21-37-19-12-10-8-6-5-7-9-11-16-27(36)39-32-25(34)17-18-26(32)35/h13-15,20,33H,5-12,16-19,21-22H2,1-4H3. The van der Waals surface area contributed by atoms with E-state index in [1.807, 2.05) is 12.1 Å². The third kappa shape index (κ3) is 8.82. The van der Waals surface area contributed by atoms with Gasteiger partial charge in [-0.1, -0.05) is 78.4 Å². The van der Waals surface area contributed by atoms with Gasteiger partial charge in [0, 0.05) is 42.3 Å². The van der Waals surface area contributed by atoms with Gasteiger partial charge in [-0.2, -0.15) is 0 Å². The first kappa shape index (κ1) is 30.7. The zero-order valence-electron chi connectivity index (χ0n) is 24.1. The first-order chi connectivity index (χ1) is 18.5. The summed E-state index contributed by atoms with van der Waals surface area (Å²) in [5.41, 5.74) is 1.82. The summed E-state index contributed by atoms with van der Waals surface area (Å²) in [5, 5.41) is 10.6. The van der Waals surface area contributed by atoms with Crippen LogP contribution in [0.1, 0.15) is 104 Å². The summed E-state index contributed by atoms with van der Waals surface area (Å²) in [7, 11) is 0. The monoisotopic (exact) mass is 543 g/mol. The molecule has 0 atom stereocenters. The molecule has 8 nitrogen and oxygen atoms in total. The third-order valence-corrected chi connectivity index (χ3v) is 7.35. The second kappa shape index (κ2) is 14.0. The average Bonchev–Trinajstić information content (AvgIpc) is 3.37. The highest BCUT2D eigenvalue weighted by atomic mass is 16.7. The van der Waals surface area contributed by atoms with Gasteiger partial charge in [0.2, 0.25) is 0 Å². The molecule has 1 aromatic carbocycles. The molecule has 2 amide bonds. The predicted octanol–water partition coefficient (Wildman–Crippen LogP) is 6.32. The number of carbonyl (C=O) groups excluding carboxylic acids is 3. The van der Waals surface area contributed by atoms with E-state index in [1.54, 1.807) is 12.1 Å². The summed E-state index contributed by atoms with van der Waals surface area (Å²) in [5.74, 6) is -0.301. The first-order valence-corrected chi connectivity index (χ1v) is 14.3. The van der Waals surface area contributed by atoms with E-state index in [0.29, 0.717) is 24.7 Å². The van der Waals surface area contributed by atoms with Crippen molar-refractivity contribution in [2.45, 2.75) is 98.3 Å². The molecule has 2 heterocycles. The molecule has 0 saturated carbocycles. The molecule has 0 bridgehead atoms. The van der Waals surface area contributed by atoms with Crippen LogP contribution < -0.4 is 0 Å². The Hall–Kier alpha value is -2.87. The number of imide groups is 1. The van der Waals surface area contributed by atoms with Crippen molar-refractivity contribution in [3.8, 4) is 5.75 Å². The number of phenols is 1. The SMILES string of the molecule is CC(C)(COCCCCCCCCCCC(=O)ON1C(=O)CCC1=O)C1=C(c2cccc(O)c2)OCC1(C)C. The van der Waals surface area contributed by atoms with Gasteiger partial charge < -0.3 is 19.4 Å². The average molecular weight is 544 g/mol. The molecule has 39 heavy (non-hydrogen) atoms. The number of carbonyl (C=O) groups is 3. The van der Waals surface area contributed by atoms with E-state index in [-0.39, 0.29) is 35.8 Å². The predicted molar refractivity (Wildman–Crippen MR) is 148 cm³/mol. The zero-order valence-corrected chi connectivity index (χ0v) is 24.1. The maximum Gasteiger partial charge on any atom is 0.333 e. The Morgan fingerprint density at radius 2 is 1.62 bits per heavy atom. The number of rotatable bonds is 16. The minimum absolute atomic E-state index is 0.111. The van der Waals surface area contributed by atoms with Crippen molar-refractivity contribution in [1.29, 1.82) is 0 Å². The van der Waals surface area contributed by atoms with Crippen LogP contribution in [0.15, 0.2) is 29.8 Å². The highest BCUT2D eigenvalue weighted by Crippen LogP contribution is 2.50. The third-order valence-electron chi connectivity index (χ3n) is 7.35. The lowest BCUT2D eigenvalue weighted by atomic mass is 9.70. The van der Waals surface area contributed by atoms with Crippen molar-refractivity contribution < 1.29 is 33.8 Å². The van der Waals surface area contributed by atoms with Crippen molar-refractivity contribution in [2.24, 2.45) is 10.8 Å². The molecule has 8 heteroatoms. The lowest BCUT2D eigenvalue weighted by Gasteiger charge is -2.34. The molecule has 2 aliphatic heterocycles. The minimum Gasteiger partial charge on any atom is -0.508 e. The smallest absolute Gasteiger partial charge is 0.333 e. The Morgan fingerprint density at radius 3 is 2.26 bits per heavy atom. The Labute approximate surface area is 232 Å². The van der Waals surface area contributed by atoms with Crippen molar-refractivity contribution in [3.63, 3.8) is 0 Å². The van der Waals surface area contributed by atoms with Crippen LogP contribution >= 0.6 is 0 Å². The molecular formula is C31H45NO7. The topological polar surface area (TPSA) is 102 Å². The summed E-state index contributed by atoms with van der Waals surface area (Å²) in [4.78, 5) is 39.7. The molecule has 1 fully saturated rings. The quantitative estimate of drug-likeness (QED) is 0.192. The summed E-state index contributed by atoms with van der Waals surface area (Å²) in [6, 6.07) is 7.24. The van der Waals surface area contributed by atoms with E-state index in [0.717, 1.165) is 62.9 Å². The number of nitrogens with zero attached hydrogens (tertiary/aromatic N) is 1. The van der Waals surface area contributed by atoms with E-state index >= 15 is 0 Å². The number of hydrogen-bond donors (Lipinski definition) is 1. The number of aromatic hydroxyl groups is 1. The lowest BCUT2D eigenvalue weighted by Crippen LogP contribution is -2.31. The fraction of sp³-hybridized carbons (Fsp3) is 0.645. The van der Waals surface area contributed by atoms with Gasteiger partial charge in [-0.3, -0.25) is 9.59 Å². The number of ether oxygens (including phenoxy) is 2. The van der Waals surface area contributed by atoms with Gasteiger partial charge in [0.15, 0.2) is 0 Å². The fourth-order valence-corrected chi connectivity index (χ4v) is 5.54. The van der Waals surface area contributed by atoms with Gasteiger partial charge in [-0.25, -0.2) is 4.79 Å². The highest BCUT2D eigenvalue weighted by Gasteiger charge is 2.43. The summed E-state index contributed by atoms with van der Waals surface area (Å²) >= 11 is 0. The molecule has 1 aromatic rings. The summed E-state index contributed by atoms with van der Waals surface area (Å²) < 4.78 is 12.3. The molecule has 0 spiro atoms. The van der Waals surface area contributed by atoms with Gasteiger partial charge in [-0.15, -0.1) is 5.06 Å². The van der Waals surface area contributed by atoms with Crippen molar-refractivity contribution >= 4 is 23.5 Å². The Morgan fingerprint density at radius 1 is 1.00 bits per heavy atom. The molecule has 0 aliphatic carbocycles. The Bertz CT molecular complexity index is 1030. The van der Waals surface area contributed by atoms with Gasteiger partial charge >= 0.3 is 5.97 Å². The number of amides is 2. The van der Waals surface area contributed by atoms with E-state index in [1.165, 1.54) is 5.57 Å². The number of hydrogen-bond acceptors (Lipinski definition) is 7. The number of phenolic OH excluding ortho intramolecular Hbond substituents is 1. The van der Waals surface area contributed by atoms with Crippen LogP contribution in [0.4, 0.5) is 0 Å². The van der Waals surface area contributed by atoms with Crippen LogP contribution in [0.3, 0.4) is 0 Å². The van der Waals surface area contributed by atoms with Crippen LogP contribution in [0.5, 0.6) is 5.75 Å². The van der Waals surface area contributed by atoms with E-state index in [4.69, 9.17) is 14.3 Å². The van der Waals surface area contributed by atoms with Crippen LogP contribution in [-0.4, -0.2) is 47.8 Å². The molecule has 1 saturated heterocycles. The molecule has 216 valence electrons. The highest BCUT2D eigenvalue weighted by molar-refractivity contribution is 6.01. The van der Waals surface area contributed by atoms with Crippen molar-refractivity contribution in [2.75, 3.05) is 19.8 Å². The molecule has 1 N–H and O–H groups in total. The zero-order chi connectivity index (χ0) is 28.5. The second-order valence-electron chi connectivity index (χ2n) is 12.0. The molecule has 0 aromatic heterocycles. The first-order valence-electron chi connectivity index (χ1n) is 14.3. The summed E-state index contributed by atoms with van der Waals surface area (Å²) in [6.45, 7) is 10.7. The van der Waals surface area contributed by atoms with Crippen molar-refractivity contribution in [1.82, 2.24) is 5.06 Å². The number of hydroxylamine groups is 2. The number of unbranched alkanes of at least 4 members (excludes halogenated alkanes) is 7. The number of benzene rings is 1. The minimum atomic E-state index is -0.516. The Balaban J connectivity index is 1.26. The molecule has 0 unspecified atom stereocenters. The molecule has 0 radical (unpaired) electrons. The Kier molecular flexibility index (Phi) is 11.0. The van der Waals surface area contributed by atoms with Crippen LogP contribution in [-0.2, 0) is 28.7 Å². The van der Waals surface area contributed by atoms with E-state index in [9.17, 15) is 19.5 Å². The second-order valence-corrected chi connectivity index (χ2v) is 12.0. The molecule has 3 rings (SSSR count). The van der Waals surface area contributed by atoms with Gasteiger partial charge in [-0.05, 0) is 30.5 Å². The van der Waals surface area contributed by atoms with Crippen molar-refractivity contribution in [3.05, 3.63) is 35.4 Å². The van der Waals surface area contributed by atoms with E-state index in [2.05, 4.69) is 27.7 Å². The molecular weight excluding hydrogens is 498 g/mol. The van der Waals surface area contributed by atoms with Crippen LogP contribution in [0.2, 0.25) is 0 Å². The van der Waals surface area contributed by atoms with Gasteiger partial charge in [0.1, 0.15) is 11.5 Å². The van der Waals surface area contributed by atoms with Crippen LogP contribution in [0.25, 0.3) is 5.76 Å². The van der Waals surface area contributed by atoms with E-state index < -0.39 is 17.8 Å². The lowest BCUT2D eigenvalue weighted by molar-refractivity contribution is -0.197. The van der Waals surface area contributed by atoms with Gasteiger partial charge in [0.25, 0.3) is 11.8 Å². The largest absolute Gasteiger partial charge is 0.508 e. The van der Waals surface area contributed by atoms with Gasteiger partial charge in [0.05, 0.1) is 13.2 Å². The molecule has 2 aliphatic rings. The van der Waals surface area contributed by atoms with Crippen LogP contribution in [0, 0.1) is 10.8 Å². The maximum atomic E-state index is 11.8. The fourth-order valence-electron chi connectivity index (χ4n) is 5.54. The normalized spacial score (nSPS) is 17.2.